The molecule has 1 unspecified atom stereocenters. The quantitative estimate of drug-likeness (QED) is 0.807. The fourth-order valence-electron chi connectivity index (χ4n) is 2.55. The van der Waals surface area contributed by atoms with E-state index in [-0.39, 0.29) is 22.1 Å². The van der Waals surface area contributed by atoms with Crippen molar-refractivity contribution >= 4 is 23.8 Å². The molecule has 1 spiro atoms. The summed E-state index contributed by atoms with van der Waals surface area (Å²) in [7, 11) is 0. The standard InChI is InChI=1S/C14H24N2O3S/c1-5-10-11(17)15-14(20-10)6-8-16(9-7-14)12(18)19-13(2,3)4/h10H,5-9H2,1-4H3,(H,15,17). The topological polar surface area (TPSA) is 58.6 Å². The van der Waals surface area contributed by atoms with Gasteiger partial charge in [-0.1, -0.05) is 6.92 Å². The summed E-state index contributed by atoms with van der Waals surface area (Å²) in [5.74, 6) is 0.142. The van der Waals surface area contributed by atoms with E-state index >= 15 is 0 Å². The van der Waals surface area contributed by atoms with Gasteiger partial charge >= 0.3 is 6.09 Å². The van der Waals surface area contributed by atoms with Gasteiger partial charge in [0.15, 0.2) is 0 Å². The lowest BCUT2D eigenvalue weighted by molar-refractivity contribution is -0.120. The van der Waals surface area contributed by atoms with Gasteiger partial charge in [-0.05, 0) is 40.0 Å². The van der Waals surface area contributed by atoms with Crippen molar-refractivity contribution in [1.82, 2.24) is 10.2 Å². The molecule has 2 amide bonds. The van der Waals surface area contributed by atoms with Gasteiger partial charge in [0.05, 0.1) is 10.1 Å². The lowest BCUT2D eigenvalue weighted by atomic mass is 10.0. The Morgan fingerprint density at radius 3 is 2.50 bits per heavy atom. The highest BCUT2D eigenvalue weighted by molar-refractivity contribution is 8.02. The monoisotopic (exact) mass is 300 g/mol. The minimum Gasteiger partial charge on any atom is -0.444 e. The highest BCUT2D eigenvalue weighted by atomic mass is 32.2. The van der Waals surface area contributed by atoms with Crippen molar-refractivity contribution < 1.29 is 14.3 Å². The number of carbonyl (C=O) groups is 2. The number of nitrogens with zero attached hydrogens (tertiary/aromatic N) is 1. The Morgan fingerprint density at radius 1 is 1.45 bits per heavy atom. The third-order valence-corrected chi connectivity index (χ3v) is 5.40. The summed E-state index contributed by atoms with van der Waals surface area (Å²) in [6.45, 7) is 8.92. The number of piperidine rings is 1. The second-order valence-electron chi connectivity index (χ2n) is 6.47. The van der Waals surface area contributed by atoms with Crippen LogP contribution >= 0.6 is 11.8 Å². The van der Waals surface area contributed by atoms with Crippen LogP contribution in [0.4, 0.5) is 4.79 Å². The first kappa shape index (κ1) is 15.5. The lowest BCUT2D eigenvalue weighted by Crippen LogP contribution is -2.51. The van der Waals surface area contributed by atoms with Gasteiger partial charge in [0.25, 0.3) is 0 Å². The Labute approximate surface area is 124 Å². The van der Waals surface area contributed by atoms with Crippen LogP contribution in [0, 0.1) is 0 Å². The van der Waals surface area contributed by atoms with Crippen molar-refractivity contribution in [2.24, 2.45) is 0 Å². The van der Waals surface area contributed by atoms with Crippen LogP contribution in [0.15, 0.2) is 0 Å². The lowest BCUT2D eigenvalue weighted by Gasteiger charge is -2.38. The number of amides is 2. The number of likely N-dealkylation sites (tertiary alicyclic amines) is 1. The SMILES string of the molecule is CCC1SC2(CCN(C(=O)OC(C)(C)C)CC2)NC1=O. The van der Waals surface area contributed by atoms with E-state index in [1.165, 1.54) is 0 Å². The number of rotatable bonds is 1. The van der Waals surface area contributed by atoms with Crippen LogP contribution in [0.1, 0.15) is 47.0 Å². The number of hydrogen-bond acceptors (Lipinski definition) is 4. The average molecular weight is 300 g/mol. The molecule has 114 valence electrons. The summed E-state index contributed by atoms with van der Waals surface area (Å²) in [5.41, 5.74) is -0.462. The van der Waals surface area contributed by atoms with Gasteiger partial charge in [0, 0.05) is 13.1 Å². The summed E-state index contributed by atoms with van der Waals surface area (Å²) >= 11 is 1.73. The van der Waals surface area contributed by atoms with E-state index in [2.05, 4.69) is 5.32 Å². The Kier molecular flexibility index (Phi) is 4.23. The highest BCUT2D eigenvalue weighted by Gasteiger charge is 2.46. The van der Waals surface area contributed by atoms with Crippen molar-refractivity contribution in [2.75, 3.05) is 13.1 Å². The molecule has 0 aromatic carbocycles. The maximum atomic E-state index is 12.0. The van der Waals surface area contributed by atoms with Gasteiger partial charge < -0.3 is 15.0 Å². The van der Waals surface area contributed by atoms with Crippen LogP contribution in [-0.2, 0) is 9.53 Å². The second kappa shape index (κ2) is 5.47. The third-order valence-electron chi connectivity index (χ3n) is 3.60. The molecule has 1 N–H and O–H groups in total. The first-order valence-corrected chi connectivity index (χ1v) is 8.10. The molecule has 0 saturated carbocycles. The van der Waals surface area contributed by atoms with Crippen LogP contribution in [0.5, 0.6) is 0 Å². The summed E-state index contributed by atoms with van der Waals surface area (Å²) in [5, 5.41) is 3.18. The summed E-state index contributed by atoms with van der Waals surface area (Å²) in [4.78, 5) is 25.4. The molecule has 2 saturated heterocycles. The largest absolute Gasteiger partial charge is 0.444 e. The van der Waals surface area contributed by atoms with Crippen molar-refractivity contribution in [3.63, 3.8) is 0 Å². The van der Waals surface area contributed by atoms with Gasteiger partial charge in [0.1, 0.15) is 5.60 Å². The molecule has 6 heteroatoms. The number of nitrogens with one attached hydrogen (secondary N) is 1. The van der Waals surface area contributed by atoms with Crippen LogP contribution < -0.4 is 5.32 Å². The Hall–Kier alpha value is -0.910. The summed E-state index contributed by atoms with van der Waals surface area (Å²) in [6.07, 6.45) is 2.18. The molecular formula is C14H24N2O3S. The third kappa shape index (κ3) is 3.40. The fraction of sp³-hybridized carbons (Fsp3) is 0.857. The smallest absolute Gasteiger partial charge is 0.410 e. The Morgan fingerprint density at radius 2 is 2.05 bits per heavy atom. The molecule has 2 aliphatic rings. The molecule has 5 nitrogen and oxygen atoms in total. The number of thioether (sulfide) groups is 1. The van der Waals surface area contributed by atoms with Gasteiger partial charge in [-0.15, -0.1) is 11.8 Å². The van der Waals surface area contributed by atoms with Crippen molar-refractivity contribution in [2.45, 2.75) is 62.7 Å². The number of hydrogen-bond donors (Lipinski definition) is 1. The van der Waals surface area contributed by atoms with Gasteiger partial charge in [-0.25, -0.2) is 4.79 Å². The maximum absolute atomic E-state index is 12.0. The molecular weight excluding hydrogens is 276 g/mol. The van der Waals surface area contributed by atoms with E-state index in [0.717, 1.165) is 19.3 Å². The molecule has 0 aliphatic carbocycles. The Bertz CT molecular complexity index is 398. The minimum atomic E-state index is -0.462. The molecule has 2 rings (SSSR count). The summed E-state index contributed by atoms with van der Waals surface area (Å²) in [6, 6.07) is 0. The summed E-state index contributed by atoms with van der Waals surface area (Å²) < 4.78 is 5.38. The van der Waals surface area contributed by atoms with Crippen LogP contribution in [0.3, 0.4) is 0 Å². The molecule has 2 aliphatic heterocycles. The average Bonchev–Trinajstić information content (AvgIpc) is 2.64. The van der Waals surface area contributed by atoms with Crippen molar-refractivity contribution in [1.29, 1.82) is 0 Å². The van der Waals surface area contributed by atoms with Gasteiger partial charge in [-0.3, -0.25) is 4.79 Å². The molecule has 0 aromatic heterocycles. The molecule has 2 heterocycles. The first-order valence-electron chi connectivity index (χ1n) is 7.22. The Balaban J connectivity index is 1.90. The zero-order valence-electron chi connectivity index (χ0n) is 12.7. The molecule has 0 aromatic rings. The van der Waals surface area contributed by atoms with Crippen LogP contribution in [0.2, 0.25) is 0 Å². The zero-order valence-corrected chi connectivity index (χ0v) is 13.5. The minimum absolute atomic E-state index is 0.0584. The van der Waals surface area contributed by atoms with E-state index in [1.807, 2.05) is 27.7 Å². The van der Waals surface area contributed by atoms with Crippen LogP contribution in [0.25, 0.3) is 0 Å². The molecule has 0 radical (unpaired) electrons. The second-order valence-corrected chi connectivity index (χ2v) is 8.05. The van der Waals surface area contributed by atoms with Crippen molar-refractivity contribution in [3.8, 4) is 0 Å². The van der Waals surface area contributed by atoms with Gasteiger partial charge in [0.2, 0.25) is 5.91 Å². The fourth-order valence-corrected chi connectivity index (χ4v) is 4.00. The van der Waals surface area contributed by atoms with E-state index in [4.69, 9.17) is 4.74 Å². The number of ether oxygens (including phenoxy) is 1. The molecule has 2 fully saturated rings. The van der Waals surface area contributed by atoms with E-state index in [1.54, 1.807) is 16.7 Å². The van der Waals surface area contributed by atoms with E-state index in [9.17, 15) is 9.59 Å². The predicted molar refractivity (Wildman–Crippen MR) is 79.6 cm³/mol. The van der Waals surface area contributed by atoms with Gasteiger partial charge in [-0.2, -0.15) is 0 Å². The normalized spacial score (nSPS) is 25.7. The van der Waals surface area contributed by atoms with Crippen molar-refractivity contribution in [3.05, 3.63) is 0 Å². The first-order chi connectivity index (χ1) is 9.25. The number of carbonyl (C=O) groups excluding carboxylic acids is 2. The molecule has 0 bridgehead atoms. The highest BCUT2D eigenvalue weighted by Crippen LogP contribution is 2.42. The van der Waals surface area contributed by atoms with Crippen LogP contribution in [-0.4, -0.2) is 45.7 Å². The maximum Gasteiger partial charge on any atom is 0.410 e. The molecule has 20 heavy (non-hydrogen) atoms. The zero-order chi connectivity index (χ0) is 15.0. The van der Waals surface area contributed by atoms with E-state index in [0.29, 0.717) is 13.1 Å². The molecule has 1 atom stereocenters. The predicted octanol–water partition coefficient (Wildman–Crippen LogP) is 2.36. The van der Waals surface area contributed by atoms with E-state index < -0.39 is 5.60 Å².